The predicted octanol–water partition coefficient (Wildman–Crippen LogP) is 4.43. The van der Waals surface area contributed by atoms with Crippen LogP contribution >= 0.6 is 11.8 Å². The van der Waals surface area contributed by atoms with Crippen molar-refractivity contribution in [3.63, 3.8) is 0 Å². The first-order valence-corrected chi connectivity index (χ1v) is 12.6. The number of hydrogen-bond donors (Lipinski definition) is 2. The molecule has 14 heteroatoms. The van der Waals surface area contributed by atoms with Gasteiger partial charge in [0.15, 0.2) is 0 Å². The number of nitrogens with one attached hydrogen (secondary N) is 2. The number of urea groups is 1. The number of rotatable bonds is 8. The average Bonchev–Trinajstić information content (AvgIpc) is 3.06. The fourth-order valence-corrected chi connectivity index (χ4v) is 4.82. The second-order valence-electron chi connectivity index (χ2n) is 7.53. The van der Waals surface area contributed by atoms with Crippen LogP contribution in [-0.4, -0.2) is 42.3 Å². The minimum absolute atomic E-state index is 0.00325. The topological polar surface area (TPSA) is 112 Å². The number of hydrogen-bond acceptors (Lipinski definition) is 6. The van der Waals surface area contributed by atoms with Crippen LogP contribution in [0.3, 0.4) is 0 Å². The van der Waals surface area contributed by atoms with Gasteiger partial charge in [-0.1, -0.05) is 18.2 Å². The Morgan fingerprint density at radius 3 is 2.33 bits per heavy atom. The lowest BCUT2D eigenvalue weighted by Gasteiger charge is -2.18. The Balaban J connectivity index is 1.43. The fourth-order valence-electron chi connectivity index (χ4n) is 3.40. The molecule has 1 aliphatic heterocycles. The number of para-hydroxylation sites is 1. The molecule has 1 aliphatic rings. The molecule has 0 unspecified atom stereocenters. The molecule has 0 bridgehead atoms. The van der Waals surface area contributed by atoms with Crippen LogP contribution in [0.5, 0.6) is 0 Å². The Morgan fingerprint density at radius 2 is 1.67 bits per heavy atom. The maximum absolute atomic E-state index is 12.9. The van der Waals surface area contributed by atoms with E-state index in [9.17, 15) is 31.2 Å². The van der Waals surface area contributed by atoms with Crippen molar-refractivity contribution in [2.75, 3.05) is 20.9 Å². The van der Waals surface area contributed by atoms with E-state index in [1.54, 1.807) is 36.4 Å². The maximum Gasteiger partial charge on any atom is 0.446 e. The van der Waals surface area contributed by atoms with Crippen molar-refractivity contribution in [2.45, 2.75) is 16.9 Å². The normalized spacial score (nSPS) is 14.3. The van der Waals surface area contributed by atoms with Crippen molar-refractivity contribution < 1.29 is 31.2 Å². The minimum atomic E-state index is -4.45. The van der Waals surface area contributed by atoms with Crippen LogP contribution in [0.2, 0.25) is 0 Å². The average molecular weight is 538 g/mol. The first kappa shape index (κ1) is 25.3. The zero-order chi connectivity index (χ0) is 25.9. The molecule has 0 aliphatic carbocycles. The number of imide groups is 1. The number of aromatic nitrogens is 1. The van der Waals surface area contributed by atoms with E-state index in [0.717, 1.165) is 4.90 Å². The highest BCUT2D eigenvalue weighted by molar-refractivity contribution is 8.00. The van der Waals surface area contributed by atoms with Crippen molar-refractivity contribution in [2.24, 2.45) is 0 Å². The molecule has 2 heterocycles. The van der Waals surface area contributed by atoms with Gasteiger partial charge in [-0.2, -0.15) is 21.6 Å². The summed E-state index contributed by atoms with van der Waals surface area (Å²) in [5, 5.41) is 0. The van der Waals surface area contributed by atoms with Crippen molar-refractivity contribution >= 4 is 51.1 Å². The third-order valence-corrected chi connectivity index (χ3v) is 6.55. The Labute approximate surface area is 208 Å². The van der Waals surface area contributed by atoms with Crippen molar-refractivity contribution in [1.29, 1.82) is 0 Å². The number of carbonyl (C=O) groups excluding carboxylic acids is 2. The molecule has 3 aromatic rings. The molecule has 0 spiro atoms. The lowest BCUT2D eigenvalue weighted by molar-refractivity contribution is -0.116. The number of anilines is 3. The molecule has 2 aromatic carbocycles. The Kier molecular flexibility index (Phi) is 7.08. The van der Waals surface area contributed by atoms with Gasteiger partial charge in [0.1, 0.15) is 12.4 Å². The fraction of sp³-hybridized carbons (Fsp3) is 0.136. The van der Waals surface area contributed by atoms with E-state index >= 15 is 0 Å². The van der Waals surface area contributed by atoms with Gasteiger partial charge in [0, 0.05) is 17.6 Å². The molecule has 4 rings (SSSR count). The van der Waals surface area contributed by atoms with Gasteiger partial charge in [0.05, 0.1) is 11.4 Å². The molecule has 2 N–H and O–H groups in total. The van der Waals surface area contributed by atoms with E-state index in [1.165, 1.54) is 41.4 Å². The summed E-state index contributed by atoms with van der Waals surface area (Å²) in [6.07, 6.45) is 1.35. The molecule has 3 amide bonds. The third kappa shape index (κ3) is 6.46. The van der Waals surface area contributed by atoms with Crippen LogP contribution in [0, 0.1) is 0 Å². The SMILES string of the molecule is O=C1CN(Cc2ccnc(NS(=O)(=O)Nc3ccccc3)c2)C(=O)N1c1ccc(SC(F)(F)F)cc1. The molecule has 0 saturated carbocycles. The Morgan fingerprint density at radius 1 is 0.972 bits per heavy atom. The first-order chi connectivity index (χ1) is 17.0. The Hall–Kier alpha value is -3.78. The molecule has 188 valence electrons. The molecular formula is C22H18F3N5O4S2. The van der Waals surface area contributed by atoms with E-state index in [1.807, 2.05) is 0 Å². The van der Waals surface area contributed by atoms with Gasteiger partial charge in [-0.3, -0.25) is 14.2 Å². The maximum atomic E-state index is 12.9. The quantitative estimate of drug-likeness (QED) is 0.325. The van der Waals surface area contributed by atoms with Gasteiger partial charge >= 0.3 is 21.7 Å². The minimum Gasteiger partial charge on any atom is -0.310 e. The van der Waals surface area contributed by atoms with Crippen LogP contribution in [0.15, 0.2) is 77.8 Å². The monoisotopic (exact) mass is 537 g/mol. The van der Waals surface area contributed by atoms with Gasteiger partial charge in [-0.15, -0.1) is 0 Å². The van der Waals surface area contributed by atoms with Gasteiger partial charge in [-0.25, -0.2) is 14.7 Å². The second-order valence-corrected chi connectivity index (χ2v) is 10.1. The van der Waals surface area contributed by atoms with E-state index in [0.29, 0.717) is 11.3 Å². The lowest BCUT2D eigenvalue weighted by Crippen LogP contribution is -2.32. The summed E-state index contributed by atoms with van der Waals surface area (Å²) in [5.41, 5.74) is -3.45. The van der Waals surface area contributed by atoms with Gasteiger partial charge in [0.2, 0.25) is 0 Å². The van der Waals surface area contributed by atoms with Crippen molar-refractivity contribution in [1.82, 2.24) is 9.88 Å². The Bertz CT molecular complexity index is 1370. The van der Waals surface area contributed by atoms with E-state index in [2.05, 4.69) is 14.4 Å². The van der Waals surface area contributed by atoms with Crippen molar-refractivity contribution in [3.8, 4) is 0 Å². The second kappa shape index (κ2) is 10.1. The summed E-state index contributed by atoms with van der Waals surface area (Å²) in [5.74, 6) is -0.540. The summed E-state index contributed by atoms with van der Waals surface area (Å²) in [7, 11) is -3.99. The highest BCUT2D eigenvalue weighted by atomic mass is 32.2. The standard InChI is InChI=1S/C22H18F3N5O4S2/c23-22(24,25)35-18-8-6-17(7-9-18)30-20(31)14-29(21(30)32)13-15-10-11-26-19(12-15)28-36(33,34)27-16-4-2-1-3-5-16/h1-12,27H,13-14H2,(H,26,28). The van der Waals surface area contributed by atoms with E-state index in [4.69, 9.17) is 0 Å². The number of amides is 3. The van der Waals surface area contributed by atoms with Crippen LogP contribution in [-0.2, 0) is 21.5 Å². The summed E-state index contributed by atoms with van der Waals surface area (Å²) >= 11 is -0.297. The number of thioether (sulfide) groups is 1. The number of nitrogens with zero attached hydrogens (tertiary/aromatic N) is 3. The first-order valence-electron chi connectivity index (χ1n) is 10.3. The molecule has 0 atom stereocenters. The molecule has 36 heavy (non-hydrogen) atoms. The molecule has 1 aromatic heterocycles. The van der Waals surface area contributed by atoms with Gasteiger partial charge in [0.25, 0.3) is 5.91 Å². The lowest BCUT2D eigenvalue weighted by atomic mass is 10.2. The number of benzene rings is 2. The zero-order valence-corrected chi connectivity index (χ0v) is 19.9. The van der Waals surface area contributed by atoms with Crippen LogP contribution in [0.25, 0.3) is 0 Å². The number of alkyl halides is 3. The summed E-state index contributed by atoms with van der Waals surface area (Å²) < 4.78 is 67.0. The third-order valence-electron chi connectivity index (χ3n) is 4.83. The highest BCUT2D eigenvalue weighted by Crippen LogP contribution is 2.37. The number of carbonyl (C=O) groups is 2. The van der Waals surface area contributed by atoms with Gasteiger partial charge in [-0.05, 0) is 65.9 Å². The number of pyridine rings is 1. The summed E-state index contributed by atoms with van der Waals surface area (Å²) in [6, 6.07) is 15.5. The highest BCUT2D eigenvalue weighted by Gasteiger charge is 2.37. The molecule has 1 saturated heterocycles. The van der Waals surface area contributed by atoms with Crippen LogP contribution in [0.1, 0.15) is 5.56 Å². The van der Waals surface area contributed by atoms with E-state index in [-0.39, 0.29) is 41.3 Å². The predicted molar refractivity (Wildman–Crippen MR) is 128 cm³/mol. The van der Waals surface area contributed by atoms with Crippen LogP contribution in [0.4, 0.5) is 35.2 Å². The molecule has 1 fully saturated rings. The molecular weight excluding hydrogens is 519 g/mol. The zero-order valence-electron chi connectivity index (χ0n) is 18.3. The van der Waals surface area contributed by atoms with E-state index < -0.39 is 27.7 Å². The van der Waals surface area contributed by atoms with Gasteiger partial charge < -0.3 is 4.90 Å². The number of halogens is 3. The summed E-state index contributed by atoms with van der Waals surface area (Å²) in [4.78, 5) is 31.4. The smallest absolute Gasteiger partial charge is 0.310 e. The largest absolute Gasteiger partial charge is 0.446 e. The summed E-state index contributed by atoms with van der Waals surface area (Å²) in [6.45, 7) is -0.275. The van der Waals surface area contributed by atoms with Crippen molar-refractivity contribution in [3.05, 3.63) is 78.5 Å². The molecule has 0 radical (unpaired) electrons. The van der Waals surface area contributed by atoms with Crippen LogP contribution < -0.4 is 14.3 Å². The molecule has 9 nitrogen and oxygen atoms in total.